The zero-order chi connectivity index (χ0) is 16.9. The lowest BCUT2D eigenvalue weighted by atomic mass is 10.1. The van der Waals surface area contributed by atoms with Crippen molar-refractivity contribution in [3.8, 4) is 0 Å². The van der Waals surface area contributed by atoms with Gasteiger partial charge in [0.25, 0.3) is 0 Å². The highest BCUT2D eigenvalue weighted by molar-refractivity contribution is 5.95. The Balaban J connectivity index is 2.91. The van der Waals surface area contributed by atoms with E-state index in [2.05, 4.69) is 15.1 Å². The van der Waals surface area contributed by atoms with E-state index in [4.69, 9.17) is 10.2 Å². The highest BCUT2D eigenvalue weighted by atomic mass is 16.4. The molecule has 22 heavy (non-hydrogen) atoms. The molecule has 1 amide bonds. The molecule has 3 atom stereocenters. The SMILES string of the molecule is CCN(N=C(C)c1nc([C@@H](O)[C@H](O)[C@H](O)CO)c[nH]1)C(=O)O. The number of amides is 1. The summed E-state index contributed by atoms with van der Waals surface area (Å²) in [6.07, 6.45) is -4.54. The Morgan fingerprint density at radius 2 is 2.09 bits per heavy atom. The van der Waals surface area contributed by atoms with E-state index < -0.39 is 31.0 Å². The first-order valence-corrected chi connectivity index (χ1v) is 6.58. The smallest absolute Gasteiger partial charge is 0.427 e. The molecule has 1 heterocycles. The summed E-state index contributed by atoms with van der Waals surface area (Å²) in [4.78, 5) is 17.5. The van der Waals surface area contributed by atoms with E-state index in [0.717, 1.165) is 5.01 Å². The molecule has 0 aromatic carbocycles. The van der Waals surface area contributed by atoms with Gasteiger partial charge in [0.1, 0.15) is 24.0 Å². The number of aliphatic hydroxyl groups excluding tert-OH is 4. The Bertz CT molecular complexity index is 531. The van der Waals surface area contributed by atoms with Gasteiger partial charge in [-0.1, -0.05) is 0 Å². The second-order valence-corrected chi connectivity index (χ2v) is 4.54. The summed E-state index contributed by atoms with van der Waals surface area (Å²) in [5, 5.41) is 51.1. The molecule has 1 rings (SSSR count). The lowest BCUT2D eigenvalue weighted by Gasteiger charge is -2.19. The van der Waals surface area contributed by atoms with Crippen molar-refractivity contribution in [3.63, 3.8) is 0 Å². The summed E-state index contributed by atoms with van der Waals surface area (Å²) in [5.41, 5.74) is 0.294. The van der Waals surface area contributed by atoms with Gasteiger partial charge >= 0.3 is 6.09 Å². The van der Waals surface area contributed by atoms with Crippen molar-refractivity contribution in [2.24, 2.45) is 5.10 Å². The van der Waals surface area contributed by atoms with Crippen molar-refractivity contribution < 1.29 is 30.3 Å². The number of aliphatic hydroxyl groups is 4. The molecule has 0 radical (unpaired) electrons. The number of carbonyl (C=O) groups is 1. The molecule has 0 saturated carbocycles. The van der Waals surface area contributed by atoms with Crippen LogP contribution in [-0.4, -0.2) is 77.7 Å². The van der Waals surface area contributed by atoms with Crippen LogP contribution in [-0.2, 0) is 0 Å². The second kappa shape index (κ2) is 7.84. The van der Waals surface area contributed by atoms with Crippen LogP contribution >= 0.6 is 0 Å². The number of hydrazone groups is 1. The summed E-state index contributed by atoms with van der Waals surface area (Å²) >= 11 is 0. The molecule has 0 bridgehead atoms. The Morgan fingerprint density at radius 3 is 2.59 bits per heavy atom. The summed E-state index contributed by atoms with van der Waals surface area (Å²) in [6, 6.07) is 0. The van der Waals surface area contributed by atoms with Crippen molar-refractivity contribution in [1.82, 2.24) is 15.0 Å². The molecule has 10 heteroatoms. The lowest BCUT2D eigenvalue weighted by Crippen LogP contribution is -2.34. The predicted molar refractivity (Wildman–Crippen MR) is 75.3 cm³/mol. The monoisotopic (exact) mass is 316 g/mol. The van der Waals surface area contributed by atoms with E-state index >= 15 is 0 Å². The average Bonchev–Trinajstić information content (AvgIpc) is 2.99. The van der Waals surface area contributed by atoms with E-state index in [9.17, 15) is 20.1 Å². The minimum atomic E-state index is -1.61. The normalized spacial score (nSPS) is 16.2. The standard InChI is InChI=1S/C12H20N4O6/c1-3-16(12(21)22)15-6(2)11-13-4-7(14-11)9(19)10(20)8(18)5-17/h4,8-10,17-20H,3,5H2,1-2H3,(H,13,14)(H,21,22)/t8-,9-,10-/m1/s1. The van der Waals surface area contributed by atoms with E-state index in [1.807, 2.05) is 0 Å². The predicted octanol–water partition coefficient (Wildman–Crippen LogP) is -1.12. The van der Waals surface area contributed by atoms with Gasteiger partial charge in [-0.15, -0.1) is 0 Å². The van der Waals surface area contributed by atoms with Gasteiger partial charge in [-0.25, -0.2) is 9.78 Å². The maximum absolute atomic E-state index is 10.9. The third-order valence-electron chi connectivity index (χ3n) is 2.94. The Labute approximate surface area is 126 Å². The van der Waals surface area contributed by atoms with Crippen LogP contribution < -0.4 is 0 Å². The summed E-state index contributed by atoms with van der Waals surface area (Å²) in [7, 11) is 0. The number of hydrogen-bond donors (Lipinski definition) is 6. The Hall–Kier alpha value is -2.01. The zero-order valence-corrected chi connectivity index (χ0v) is 12.2. The zero-order valence-electron chi connectivity index (χ0n) is 12.2. The third kappa shape index (κ3) is 4.24. The summed E-state index contributed by atoms with van der Waals surface area (Å²) in [5.74, 6) is 0.208. The number of aromatic amines is 1. The average molecular weight is 316 g/mol. The van der Waals surface area contributed by atoms with Crippen molar-refractivity contribution in [1.29, 1.82) is 0 Å². The van der Waals surface area contributed by atoms with Gasteiger partial charge in [0, 0.05) is 12.7 Å². The van der Waals surface area contributed by atoms with Gasteiger partial charge < -0.3 is 30.5 Å². The van der Waals surface area contributed by atoms with E-state index in [1.165, 1.54) is 13.1 Å². The second-order valence-electron chi connectivity index (χ2n) is 4.54. The number of hydrogen-bond acceptors (Lipinski definition) is 7. The van der Waals surface area contributed by atoms with Crippen molar-refractivity contribution in [2.75, 3.05) is 13.2 Å². The number of nitrogens with zero attached hydrogens (tertiary/aromatic N) is 3. The third-order valence-corrected chi connectivity index (χ3v) is 2.94. The summed E-state index contributed by atoms with van der Waals surface area (Å²) < 4.78 is 0. The number of H-pyrrole nitrogens is 1. The van der Waals surface area contributed by atoms with Gasteiger partial charge in [-0.3, -0.25) is 0 Å². The number of imidazole rings is 1. The molecule has 0 spiro atoms. The highest BCUT2D eigenvalue weighted by Gasteiger charge is 2.27. The molecule has 1 aromatic rings. The van der Waals surface area contributed by atoms with Crippen LogP contribution in [0.5, 0.6) is 0 Å². The van der Waals surface area contributed by atoms with E-state index in [0.29, 0.717) is 0 Å². The molecular weight excluding hydrogens is 296 g/mol. The molecule has 1 aromatic heterocycles. The molecule has 6 N–H and O–H groups in total. The van der Waals surface area contributed by atoms with Crippen LogP contribution in [0, 0.1) is 0 Å². The molecule has 0 aliphatic heterocycles. The maximum atomic E-state index is 10.9. The van der Waals surface area contributed by atoms with Crippen LogP contribution in [0.25, 0.3) is 0 Å². The largest absolute Gasteiger partial charge is 0.464 e. The topological polar surface area (TPSA) is 162 Å². The fourth-order valence-corrected chi connectivity index (χ4v) is 1.64. The van der Waals surface area contributed by atoms with Gasteiger partial charge in [-0.2, -0.15) is 10.1 Å². The molecule has 0 aliphatic carbocycles. The van der Waals surface area contributed by atoms with Crippen LogP contribution in [0.2, 0.25) is 0 Å². The number of aromatic nitrogens is 2. The minimum absolute atomic E-state index is 0.0305. The molecule has 0 saturated heterocycles. The van der Waals surface area contributed by atoms with Crippen LogP contribution in [0.4, 0.5) is 4.79 Å². The van der Waals surface area contributed by atoms with Crippen molar-refractivity contribution in [3.05, 3.63) is 17.7 Å². The summed E-state index contributed by atoms with van der Waals surface area (Å²) in [6.45, 7) is 2.60. The van der Waals surface area contributed by atoms with Crippen LogP contribution in [0.1, 0.15) is 31.5 Å². The molecule has 124 valence electrons. The number of carboxylic acid groups (broad SMARTS) is 1. The number of nitrogens with one attached hydrogen (secondary N) is 1. The van der Waals surface area contributed by atoms with Gasteiger partial charge in [0.2, 0.25) is 0 Å². The minimum Gasteiger partial charge on any atom is -0.464 e. The number of rotatable bonds is 7. The molecule has 10 nitrogen and oxygen atoms in total. The fraction of sp³-hybridized carbons (Fsp3) is 0.583. The van der Waals surface area contributed by atoms with E-state index in [1.54, 1.807) is 6.92 Å². The first-order valence-electron chi connectivity index (χ1n) is 6.58. The Kier molecular flexibility index (Phi) is 6.43. The maximum Gasteiger partial charge on any atom is 0.427 e. The van der Waals surface area contributed by atoms with Gasteiger partial charge in [0.05, 0.1) is 12.3 Å². The molecule has 0 fully saturated rings. The molecular formula is C12H20N4O6. The van der Waals surface area contributed by atoms with Gasteiger partial charge in [-0.05, 0) is 13.8 Å². The van der Waals surface area contributed by atoms with Crippen LogP contribution in [0.15, 0.2) is 11.3 Å². The first kappa shape index (κ1) is 18.0. The van der Waals surface area contributed by atoms with Crippen molar-refractivity contribution >= 4 is 11.8 Å². The first-order chi connectivity index (χ1) is 10.3. The quantitative estimate of drug-likeness (QED) is 0.274. The van der Waals surface area contributed by atoms with E-state index in [-0.39, 0.29) is 23.8 Å². The van der Waals surface area contributed by atoms with Gasteiger partial charge in [0.15, 0.2) is 5.82 Å². The molecule has 0 aliphatic rings. The highest BCUT2D eigenvalue weighted by Crippen LogP contribution is 2.17. The fourth-order valence-electron chi connectivity index (χ4n) is 1.64. The molecule has 0 unspecified atom stereocenters. The van der Waals surface area contributed by atoms with Crippen LogP contribution in [0.3, 0.4) is 0 Å². The van der Waals surface area contributed by atoms with Crippen molar-refractivity contribution in [2.45, 2.75) is 32.2 Å². The lowest BCUT2D eigenvalue weighted by molar-refractivity contribution is -0.0788. The Morgan fingerprint density at radius 1 is 1.45 bits per heavy atom.